The van der Waals surface area contributed by atoms with Crippen LogP contribution in [-0.2, 0) is 14.8 Å². The second-order valence-electron chi connectivity index (χ2n) is 2.70. The van der Waals surface area contributed by atoms with Crippen LogP contribution >= 0.6 is 0 Å². The van der Waals surface area contributed by atoms with Crippen LogP contribution in [0.2, 0.25) is 0 Å². The van der Waals surface area contributed by atoms with Gasteiger partial charge in [-0.25, -0.2) is 13.1 Å². The molecule has 0 spiro atoms. The lowest BCUT2D eigenvalue weighted by molar-refractivity contribution is -0.116. The maximum Gasteiger partial charge on any atom is 0.244 e. The zero-order valence-electron chi connectivity index (χ0n) is 7.67. The van der Waals surface area contributed by atoms with Gasteiger partial charge < -0.3 is 11.5 Å². The van der Waals surface area contributed by atoms with Gasteiger partial charge in [0.2, 0.25) is 15.9 Å². The molecule has 1 heterocycles. The molecule has 0 aliphatic carbocycles. The summed E-state index contributed by atoms with van der Waals surface area (Å²) in [6.45, 7) is -0.476. The molecule has 0 radical (unpaired) electrons. The van der Waals surface area contributed by atoms with E-state index >= 15 is 0 Å². The van der Waals surface area contributed by atoms with Crippen molar-refractivity contribution in [1.29, 1.82) is 0 Å². The highest BCUT2D eigenvalue weighted by Crippen LogP contribution is 2.14. The number of hydrogen-bond acceptors (Lipinski definition) is 5. The van der Waals surface area contributed by atoms with Crippen molar-refractivity contribution in [2.45, 2.75) is 4.90 Å². The first-order valence-corrected chi connectivity index (χ1v) is 5.39. The van der Waals surface area contributed by atoms with Gasteiger partial charge in [0.05, 0.1) is 12.2 Å². The fourth-order valence-electron chi connectivity index (χ4n) is 0.859. The van der Waals surface area contributed by atoms with Crippen molar-refractivity contribution < 1.29 is 13.2 Å². The molecule has 0 aromatic carbocycles. The van der Waals surface area contributed by atoms with E-state index in [0.29, 0.717) is 0 Å². The number of carbonyl (C=O) groups excluding carboxylic acids is 1. The molecule has 0 saturated heterocycles. The van der Waals surface area contributed by atoms with E-state index in [1.54, 1.807) is 0 Å². The summed E-state index contributed by atoms with van der Waals surface area (Å²) in [4.78, 5) is 13.9. The van der Waals surface area contributed by atoms with Crippen LogP contribution in [0.3, 0.4) is 0 Å². The Balaban J connectivity index is 2.97. The summed E-state index contributed by atoms with van der Waals surface area (Å²) in [5.74, 6) is -0.777. The number of aromatic nitrogens is 1. The van der Waals surface area contributed by atoms with E-state index in [4.69, 9.17) is 11.5 Å². The molecule has 1 aromatic rings. The van der Waals surface area contributed by atoms with Gasteiger partial charge in [0.1, 0.15) is 4.90 Å². The van der Waals surface area contributed by atoms with Gasteiger partial charge in [-0.2, -0.15) is 0 Å². The molecule has 0 bridgehead atoms. The number of nitrogens with zero attached hydrogens (tertiary/aromatic N) is 1. The van der Waals surface area contributed by atoms with Gasteiger partial charge in [-0.3, -0.25) is 9.78 Å². The highest BCUT2D eigenvalue weighted by Gasteiger charge is 2.17. The minimum Gasteiger partial charge on any atom is -0.398 e. The van der Waals surface area contributed by atoms with Crippen molar-refractivity contribution in [3.8, 4) is 0 Å². The number of pyridine rings is 1. The lowest BCUT2D eigenvalue weighted by Gasteiger charge is -2.06. The number of sulfonamides is 1. The normalized spacial score (nSPS) is 11.2. The van der Waals surface area contributed by atoms with Crippen LogP contribution in [0.15, 0.2) is 23.4 Å². The van der Waals surface area contributed by atoms with E-state index in [9.17, 15) is 13.2 Å². The Morgan fingerprint density at radius 3 is 2.73 bits per heavy atom. The Labute approximate surface area is 86.5 Å². The van der Waals surface area contributed by atoms with Crippen LogP contribution < -0.4 is 16.2 Å². The third-order valence-electron chi connectivity index (χ3n) is 1.54. The van der Waals surface area contributed by atoms with Gasteiger partial charge in [-0.15, -0.1) is 0 Å². The molecule has 0 unspecified atom stereocenters. The van der Waals surface area contributed by atoms with Crippen molar-refractivity contribution in [3.63, 3.8) is 0 Å². The van der Waals surface area contributed by atoms with Crippen molar-refractivity contribution in [2.24, 2.45) is 5.73 Å². The van der Waals surface area contributed by atoms with Gasteiger partial charge in [-0.1, -0.05) is 0 Å². The Morgan fingerprint density at radius 2 is 2.20 bits per heavy atom. The molecular weight excluding hydrogens is 220 g/mol. The average molecular weight is 230 g/mol. The Kier molecular flexibility index (Phi) is 3.22. The summed E-state index contributed by atoms with van der Waals surface area (Å²) in [6, 6.07) is 1.35. The fourth-order valence-corrected chi connectivity index (χ4v) is 1.92. The summed E-state index contributed by atoms with van der Waals surface area (Å²) in [7, 11) is -3.82. The lowest BCUT2D eigenvalue weighted by Crippen LogP contribution is -2.33. The molecule has 0 saturated carbocycles. The SMILES string of the molecule is NC(=O)CNS(=O)(=O)c1cnccc1N. The smallest absolute Gasteiger partial charge is 0.244 e. The van der Waals surface area contributed by atoms with E-state index in [1.165, 1.54) is 12.3 Å². The van der Waals surface area contributed by atoms with E-state index in [-0.39, 0.29) is 10.6 Å². The molecule has 1 rings (SSSR count). The van der Waals surface area contributed by atoms with Crippen LogP contribution in [-0.4, -0.2) is 25.9 Å². The Hall–Kier alpha value is -1.67. The number of rotatable bonds is 4. The lowest BCUT2D eigenvalue weighted by atomic mass is 10.4. The van der Waals surface area contributed by atoms with Gasteiger partial charge in [0, 0.05) is 12.4 Å². The fraction of sp³-hybridized carbons (Fsp3) is 0.143. The first-order chi connectivity index (χ1) is 6.93. The van der Waals surface area contributed by atoms with Gasteiger partial charge in [0.15, 0.2) is 0 Å². The molecular formula is C7H10N4O3S. The summed E-state index contributed by atoms with van der Waals surface area (Å²) in [6.07, 6.45) is 2.46. The van der Waals surface area contributed by atoms with Crippen LogP contribution in [0.1, 0.15) is 0 Å². The first-order valence-electron chi connectivity index (χ1n) is 3.91. The highest BCUT2D eigenvalue weighted by atomic mass is 32.2. The molecule has 15 heavy (non-hydrogen) atoms. The average Bonchev–Trinajstić information content (AvgIpc) is 2.15. The molecule has 0 fully saturated rings. The van der Waals surface area contributed by atoms with Crippen molar-refractivity contribution in [3.05, 3.63) is 18.5 Å². The second kappa shape index (κ2) is 4.24. The second-order valence-corrected chi connectivity index (χ2v) is 4.44. The minimum atomic E-state index is -3.82. The number of nitrogens with one attached hydrogen (secondary N) is 1. The predicted octanol–water partition coefficient (Wildman–Crippen LogP) is -1.57. The molecule has 82 valence electrons. The topological polar surface area (TPSA) is 128 Å². The van der Waals surface area contributed by atoms with Crippen LogP contribution in [0.4, 0.5) is 5.69 Å². The number of nitrogen functional groups attached to an aromatic ring is 1. The standard InChI is InChI=1S/C7H10N4O3S/c8-5-1-2-10-3-6(5)15(13,14)11-4-7(9)12/h1-3,11H,4H2,(H2,8,10)(H2,9,12). The number of amides is 1. The molecule has 0 atom stereocenters. The number of primary amides is 1. The molecule has 7 nitrogen and oxygen atoms in total. The quantitative estimate of drug-likeness (QED) is 0.575. The van der Waals surface area contributed by atoms with E-state index < -0.39 is 22.5 Å². The molecule has 1 amide bonds. The maximum absolute atomic E-state index is 11.5. The summed E-state index contributed by atoms with van der Waals surface area (Å²) >= 11 is 0. The van der Waals surface area contributed by atoms with E-state index in [0.717, 1.165) is 6.20 Å². The van der Waals surface area contributed by atoms with E-state index in [1.807, 2.05) is 4.72 Å². The largest absolute Gasteiger partial charge is 0.398 e. The van der Waals surface area contributed by atoms with Crippen molar-refractivity contribution in [1.82, 2.24) is 9.71 Å². The Bertz CT molecular complexity index is 471. The van der Waals surface area contributed by atoms with Crippen molar-refractivity contribution in [2.75, 3.05) is 12.3 Å². The number of carbonyl (C=O) groups is 1. The minimum absolute atomic E-state index is 0.0574. The molecule has 8 heteroatoms. The van der Waals surface area contributed by atoms with Crippen LogP contribution in [0.25, 0.3) is 0 Å². The van der Waals surface area contributed by atoms with Gasteiger partial charge >= 0.3 is 0 Å². The third kappa shape index (κ3) is 2.89. The van der Waals surface area contributed by atoms with Crippen LogP contribution in [0, 0.1) is 0 Å². The van der Waals surface area contributed by atoms with Gasteiger partial charge in [-0.05, 0) is 6.07 Å². The Morgan fingerprint density at radius 1 is 1.53 bits per heavy atom. The number of anilines is 1. The summed E-state index contributed by atoms with van der Waals surface area (Å²) in [5, 5.41) is 0. The third-order valence-corrected chi connectivity index (χ3v) is 2.99. The summed E-state index contributed by atoms with van der Waals surface area (Å²) in [5.41, 5.74) is 10.3. The predicted molar refractivity (Wildman–Crippen MR) is 53.0 cm³/mol. The number of nitrogens with two attached hydrogens (primary N) is 2. The number of hydrogen-bond donors (Lipinski definition) is 3. The van der Waals surface area contributed by atoms with Gasteiger partial charge in [0.25, 0.3) is 0 Å². The van der Waals surface area contributed by atoms with Crippen molar-refractivity contribution >= 4 is 21.6 Å². The molecule has 5 N–H and O–H groups in total. The monoisotopic (exact) mass is 230 g/mol. The summed E-state index contributed by atoms with van der Waals surface area (Å²) < 4.78 is 25.0. The first kappa shape index (κ1) is 11.4. The molecule has 1 aromatic heterocycles. The maximum atomic E-state index is 11.5. The molecule has 0 aliphatic rings. The highest BCUT2D eigenvalue weighted by molar-refractivity contribution is 7.89. The zero-order valence-corrected chi connectivity index (χ0v) is 8.49. The molecule has 0 aliphatic heterocycles. The van der Waals surface area contributed by atoms with E-state index in [2.05, 4.69) is 4.98 Å². The zero-order chi connectivity index (χ0) is 11.5. The van der Waals surface area contributed by atoms with Crippen LogP contribution in [0.5, 0.6) is 0 Å².